The average molecular weight is 280 g/mol. The maximum Gasteiger partial charge on any atom is 0.0180 e. The van der Waals surface area contributed by atoms with Crippen LogP contribution in [-0.4, -0.2) is 30.6 Å². The van der Waals surface area contributed by atoms with Crippen molar-refractivity contribution in [3.05, 3.63) is 71.8 Å². The first-order chi connectivity index (χ1) is 10.3. The van der Waals surface area contributed by atoms with E-state index in [-0.39, 0.29) is 0 Å². The molecule has 2 heteroatoms. The minimum atomic E-state index is 0.372. The van der Waals surface area contributed by atoms with Gasteiger partial charge < -0.3 is 10.6 Å². The number of hydrogen-bond donors (Lipinski definition) is 1. The molecule has 0 saturated carbocycles. The fourth-order valence-corrected chi connectivity index (χ4v) is 3.27. The van der Waals surface area contributed by atoms with Gasteiger partial charge >= 0.3 is 0 Å². The van der Waals surface area contributed by atoms with Crippen molar-refractivity contribution in [2.75, 3.05) is 19.6 Å². The van der Waals surface area contributed by atoms with Crippen molar-refractivity contribution in [2.24, 2.45) is 5.73 Å². The maximum atomic E-state index is 6.01. The number of hydrogen-bond acceptors (Lipinski definition) is 2. The fraction of sp³-hybridized carbons (Fsp3) is 0.368. The second kappa shape index (κ2) is 6.88. The standard InChI is InChI=1S/C19H24N2/c20-18-11-13-21(15-18)14-12-19(16-7-3-1-4-8-16)17-9-5-2-6-10-17/h1-10,18-19H,11-15,20H2/t18-/m1/s1. The van der Waals surface area contributed by atoms with E-state index < -0.39 is 0 Å². The second-order valence-electron chi connectivity index (χ2n) is 6.01. The minimum absolute atomic E-state index is 0.372. The largest absolute Gasteiger partial charge is 0.326 e. The van der Waals surface area contributed by atoms with Crippen LogP contribution in [0.3, 0.4) is 0 Å². The highest BCUT2D eigenvalue weighted by molar-refractivity contribution is 5.32. The van der Waals surface area contributed by atoms with E-state index in [1.54, 1.807) is 0 Å². The van der Waals surface area contributed by atoms with E-state index in [0.717, 1.165) is 32.5 Å². The zero-order valence-electron chi connectivity index (χ0n) is 12.5. The molecule has 2 N–H and O–H groups in total. The van der Waals surface area contributed by atoms with E-state index >= 15 is 0 Å². The molecular weight excluding hydrogens is 256 g/mol. The van der Waals surface area contributed by atoms with Gasteiger partial charge in [-0.3, -0.25) is 0 Å². The minimum Gasteiger partial charge on any atom is -0.326 e. The molecule has 0 aliphatic carbocycles. The highest BCUT2D eigenvalue weighted by Gasteiger charge is 2.21. The molecule has 2 aromatic carbocycles. The summed E-state index contributed by atoms with van der Waals surface area (Å²) in [5, 5.41) is 0. The zero-order valence-corrected chi connectivity index (χ0v) is 12.5. The van der Waals surface area contributed by atoms with Gasteiger partial charge in [0.2, 0.25) is 0 Å². The molecule has 1 atom stereocenters. The van der Waals surface area contributed by atoms with Gasteiger partial charge in [0.05, 0.1) is 0 Å². The van der Waals surface area contributed by atoms with Crippen LogP contribution in [0.5, 0.6) is 0 Å². The Morgan fingerprint density at radius 1 is 0.952 bits per heavy atom. The van der Waals surface area contributed by atoms with Crippen LogP contribution in [0, 0.1) is 0 Å². The zero-order chi connectivity index (χ0) is 14.5. The molecule has 2 aromatic rings. The Balaban J connectivity index is 1.74. The van der Waals surface area contributed by atoms with Gasteiger partial charge in [-0.25, -0.2) is 0 Å². The van der Waals surface area contributed by atoms with Gasteiger partial charge in [-0.1, -0.05) is 60.7 Å². The monoisotopic (exact) mass is 280 g/mol. The highest BCUT2D eigenvalue weighted by atomic mass is 15.2. The van der Waals surface area contributed by atoms with Crippen LogP contribution in [0.1, 0.15) is 29.9 Å². The molecule has 0 radical (unpaired) electrons. The number of benzene rings is 2. The van der Waals surface area contributed by atoms with E-state index in [9.17, 15) is 0 Å². The molecule has 0 spiro atoms. The van der Waals surface area contributed by atoms with E-state index in [1.807, 2.05) is 0 Å². The molecule has 3 rings (SSSR count). The SMILES string of the molecule is N[C@@H]1CCN(CCC(c2ccccc2)c2ccccc2)C1. The summed E-state index contributed by atoms with van der Waals surface area (Å²) in [4.78, 5) is 2.50. The predicted octanol–water partition coefficient (Wildman–Crippen LogP) is 3.24. The second-order valence-corrected chi connectivity index (χ2v) is 6.01. The summed E-state index contributed by atoms with van der Waals surface area (Å²) < 4.78 is 0. The molecular formula is C19H24N2. The van der Waals surface area contributed by atoms with Crippen molar-refractivity contribution in [3.63, 3.8) is 0 Å². The van der Waals surface area contributed by atoms with Gasteiger partial charge in [0.15, 0.2) is 0 Å². The van der Waals surface area contributed by atoms with Crippen LogP contribution in [0.4, 0.5) is 0 Å². The fourth-order valence-electron chi connectivity index (χ4n) is 3.27. The van der Waals surface area contributed by atoms with E-state index in [0.29, 0.717) is 12.0 Å². The molecule has 110 valence electrons. The van der Waals surface area contributed by atoms with Crippen LogP contribution in [0.15, 0.2) is 60.7 Å². The lowest BCUT2D eigenvalue weighted by molar-refractivity contribution is 0.323. The smallest absolute Gasteiger partial charge is 0.0180 e. The molecule has 21 heavy (non-hydrogen) atoms. The first kappa shape index (κ1) is 14.3. The Morgan fingerprint density at radius 2 is 1.52 bits per heavy atom. The Morgan fingerprint density at radius 3 is 2.00 bits per heavy atom. The van der Waals surface area contributed by atoms with Crippen molar-refractivity contribution >= 4 is 0 Å². The summed E-state index contributed by atoms with van der Waals surface area (Å²) in [7, 11) is 0. The Hall–Kier alpha value is -1.64. The molecule has 0 unspecified atom stereocenters. The molecule has 1 heterocycles. The molecule has 1 aliphatic rings. The normalized spacial score (nSPS) is 19.2. The molecule has 0 aromatic heterocycles. The van der Waals surface area contributed by atoms with Crippen molar-refractivity contribution in [1.82, 2.24) is 4.90 Å². The first-order valence-electron chi connectivity index (χ1n) is 7.91. The summed E-state index contributed by atoms with van der Waals surface area (Å²) in [5.41, 5.74) is 8.83. The lowest BCUT2D eigenvalue weighted by Gasteiger charge is -2.22. The third-order valence-corrected chi connectivity index (χ3v) is 4.45. The molecule has 1 aliphatic heterocycles. The number of nitrogens with zero attached hydrogens (tertiary/aromatic N) is 1. The highest BCUT2D eigenvalue weighted by Crippen LogP contribution is 2.28. The number of likely N-dealkylation sites (tertiary alicyclic amines) is 1. The van der Waals surface area contributed by atoms with Gasteiger partial charge in [0.25, 0.3) is 0 Å². The summed E-state index contributed by atoms with van der Waals surface area (Å²) in [6.07, 6.45) is 2.29. The van der Waals surface area contributed by atoms with Crippen molar-refractivity contribution in [3.8, 4) is 0 Å². The number of rotatable bonds is 5. The van der Waals surface area contributed by atoms with Crippen LogP contribution >= 0.6 is 0 Å². The van der Waals surface area contributed by atoms with Crippen molar-refractivity contribution < 1.29 is 0 Å². The van der Waals surface area contributed by atoms with Crippen molar-refractivity contribution in [2.45, 2.75) is 24.8 Å². The lowest BCUT2D eigenvalue weighted by Crippen LogP contribution is -2.28. The van der Waals surface area contributed by atoms with Crippen LogP contribution < -0.4 is 5.73 Å². The molecule has 1 saturated heterocycles. The van der Waals surface area contributed by atoms with Crippen LogP contribution in [0.2, 0.25) is 0 Å². The Labute approximate surface area is 127 Å². The van der Waals surface area contributed by atoms with Gasteiger partial charge in [0, 0.05) is 18.5 Å². The Bertz CT molecular complexity index is 499. The van der Waals surface area contributed by atoms with E-state index in [2.05, 4.69) is 65.6 Å². The van der Waals surface area contributed by atoms with Gasteiger partial charge in [-0.15, -0.1) is 0 Å². The quantitative estimate of drug-likeness (QED) is 0.911. The predicted molar refractivity (Wildman–Crippen MR) is 88.4 cm³/mol. The lowest BCUT2D eigenvalue weighted by atomic mass is 9.88. The number of nitrogens with two attached hydrogens (primary N) is 1. The van der Waals surface area contributed by atoms with E-state index in [4.69, 9.17) is 5.73 Å². The molecule has 0 bridgehead atoms. The van der Waals surface area contributed by atoms with Crippen LogP contribution in [0.25, 0.3) is 0 Å². The third-order valence-electron chi connectivity index (χ3n) is 4.45. The summed E-state index contributed by atoms with van der Waals surface area (Å²) >= 11 is 0. The van der Waals surface area contributed by atoms with Gasteiger partial charge in [-0.05, 0) is 37.1 Å². The molecule has 1 fully saturated rings. The Kier molecular flexibility index (Phi) is 4.69. The first-order valence-corrected chi connectivity index (χ1v) is 7.91. The summed E-state index contributed by atoms with van der Waals surface area (Å²) in [6.45, 7) is 3.33. The maximum absolute atomic E-state index is 6.01. The van der Waals surface area contributed by atoms with E-state index in [1.165, 1.54) is 11.1 Å². The molecule has 2 nitrogen and oxygen atoms in total. The van der Waals surface area contributed by atoms with Crippen molar-refractivity contribution in [1.29, 1.82) is 0 Å². The average Bonchev–Trinajstić information content (AvgIpc) is 2.95. The van der Waals surface area contributed by atoms with Crippen LogP contribution in [-0.2, 0) is 0 Å². The topological polar surface area (TPSA) is 29.3 Å². The van der Waals surface area contributed by atoms with Gasteiger partial charge in [-0.2, -0.15) is 0 Å². The summed E-state index contributed by atoms with van der Waals surface area (Å²) in [6, 6.07) is 22.1. The summed E-state index contributed by atoms with van der Waals surface area (Å²) in [5.74, 6) is 0.476. The third kappa shape index (κ3) is 3.72. The molecule has 0 amide bonds. The van der Waals surface area contributed by atoms with Gasteiger partial charge in [0.1, 0.15) is 0 Å².